The smallest absolute Gasteiger partial charge is 0.0529 e. The van der Waals surface area contributed by atoms with Gasteiger partial charge in [0.25, 0.3) is 0 Å². The van der Waals surface area contributed by atoms with E-state index in [-0.39, 0.29) is 4.32 Å². The molecule has 0 bridgehead atoms. The third-order valence-corrected chi connectivity index (χ3v) is 12.8. The number of thiophene rings is 2. The molecule has 1 aliphatic heterocycles. The second-order valence-corrected chi connectivity index (χ2v) is 15.3. The molecule has 3 aromatic carbocycles. The largest absolute Gasteiger partial charge is 0.144 e. The standard InChI is InChI=1S/C28H20BrIS3/c1-14-13-32-24-9-18-10-25-21(7-17(18)6-20(14)24)26(30)27(33-25)22-8-16-5-15-3-4-31-23(15)11-19(16)12-28(22,2)29/h3-12,14,22H,13H2,1-2H3. The van der Waals surface area contributed by atoms with Gasteiger partial charge in [-0.1, -0.05) is 35.0 Å². The van der Waals surface area contributed by atoms with Crippen LogP contribution in [0.1, 0.15) is 36.1 Å². The van der Waals surface area contributed by atoms with Crippen LogP contribution >= 0.6 is 73.0 Å². The minimum atomic E-state index is -0.113. The van der Waals surface area contributed by atoms with Crippen molar-refractivity contribution in [2.45, 2.75) is 34.9 Å². The summed E-state index contributed by atoms with van der Waals surface area (Å²) in [6.45, 7) is 4.67. The van der Waals surface area contributed by atoms with E-state index in [1.807, 2.05) is 34.4 Å². The van der Waals surface area contributed by atoms with E-state index in [1.165, 1.54) is 66.0 Å². The number of hydrogen-bond acceptors (Lipinski definition) is 3. The average molecular weight is 659 g/mol. The fourth-order valence-corrected chi connectivity index (χ4v) is 10.7. The molecule has 2 aromatic heterocycles. The topological polar surface area (TPSA) is 0 Å². The van der Waals surface area contributed by atoms with Crippen molar-refractivity contribution in [3.63, 3.8) is 0 Å². The summed E-state index contributed by atoms with van der Waals surface area (Å²) in [5, 5.41) is 10.4. The van der Waals surface area contributed by atoms with Gasteiger partial charge in [-0.3, -0.25) is 0 Å². The SMILES string of the molecule is CC1CSc2cc3cc4sc(C5C=c6cc7ccsc7cc6=CC5(C)Br)c(I)c4cc3cc21. The molecule has 33 heavy (non-hydrogen) atoms. The molecular formula is C28H20BrIS3. The first kappa shape index (κ1) is 21.4. The number of halogens is 2. The van der Waals surface area contributed by atoms with Crippen molar-refractivity contribution in [2.24, 2.45) is 0 Å². The monoisotopic (exact) mass is 658 g/mol. The average Bonchev–Trinajstić information content (AvgIpc) is 3.46. The molecule has 5 aromatic rings. The maximum Gasteiger partial charge on any atom is 0.0529 e. The molecule has 0 spiro atoms. The van der Waals surface area contributed by atoms with Crippen molar-refractivity contribution in [1.82, 2.24) is 0 Å². The summed E-state index contributed by atoms with van der Waals surface area (Å²) in [4.78, 5) is 2.93. The zero-order valence-electron chi connectivity index (χ0n) is 18.1. The van der Waals surface area contributed by atoms with Gasteiger partial charge in [0.15, 0.2) is 0 Å². The summed E-state index contributed by atoms with van der Waals surface area (Å²) in [6.07, 6.45) is 4.91. The second kappa shape index (κ2) is 7.57. The van der Waals surface area contributed by atoms with Crippen LogP contribution in [0.2, 0.25) is 0 Å². The van der Waals surface area contributed by atoms with Crippen LogP contribution in [0, 0.1) is 3.57 Å². The Kier molecular flexibility index (Phi) is 4.91. The highest BCUT2D eigenvalue weighted by molar-refractivity contribution is 14.1. The Morgan fingerprint density at radius 3 is 2.73 bits per heavy atom. The Morgan fingerprint density at radius 2 is 1.85 bits per heavy atom. The lowest BCUT2D eigenvalue weighted by Gasteiger charge is -2.30. The van der Waals surface area contributed by atoms with E-state index in [0.29, 0.717) is 11.8 Å². The van der Waals surface area contributed by atoms with Crippen molar-refractivity contribution >= 4 is 116 Å². The Balaban J connectivity index is 1.43. The minimum Gasteiger partial charge on any atom is -0.144 e. The maximum absolute atomic E-state index is 4.12. The van der Waals surface area contributed by atoms with Crippen LogP contribution in [0.3, 0.4) is 0 Å². The Morgan fingerprint density at radius 1 is 1.00 bits per heavy atom. The van der Waals surface area contributed by atoms with Crippen LogP contribution < -0.4 is 10.4 Å². The molecule has 5 heteroatoms. The van der Waals surface area contributed by atoms with Gasteiger partial charge in [0.1, 0.15) is 0 Å². The summed E-state index contributed by atoms with van der Waals surface area (Å²) < 4.78 is 4.05. The van der Waals surface area contributed by atoms with Crippen molar-refractivity contribution in [2.75, 3.05) is 5.75 Å². The van der Waals surface area contributed by atoms with Gasteiger partial charge in [-0.05, 0) is 115 Å². The first-order valence-electron chi connectivity index (χ1n) is 11.1. The lowest BCUT2D eigenvalue weighted by molar-refractivity contribution is 0.771. The maximum atomic E-state index is 4.12. The minimum absolute atomic E-state index is 0.113. The van der Waals surface area contributed by atoms with Crippen LogP contribution in [0.25, 0.3) is 43.1 Å². The highest BCUT2D eigenvalue weighted by atomic mass is 127. The van der Waals surface area contributed by atoms with Crippen LogP contribution in [0.4, 0.5) is 0 Å². The molecule has 3 atom stereocenters. The number of benzene rings is 3. The van der Waals surface area contributed by atoms with E-state index in [2.05, 4.69) is 112 Å². The van der Waals surface area contributed by atoms with Crippen LogP contribution in [0.5, 0.6) is 0 Å². The Hall–Kier alpha value is -0.860. The third kappa shape index (κ3) is 3.33. The molecule has 0 saturated carbocycles. The van der Waals surface area contributed by atoms with Crippen LogP contribution in [0.15, 0.2) is 52.7 Å². The van der Waals surface area contributed by atoms with E-state index in [9.17, 15) is 0 Å². The predicted octanol–water partition coefficient (Wildman–Crippen LogP) is 8.60. The van der Waals surface area contributed by atoms with Gasteiger partial charge in [-0.2, -0.15) is 0 Å². The Labute approximate surface area is 227 Å². The number of rotatable bonds is 1. The molecule has 1 aliphatic carbocycles. The van der Waals surface area contributed by atoms with Crippen molar-refractivity contribution in [1.29, 1.82) is 0 Å². The summed E-state index contributed by atoms with van der Waals surface area (Å²) in [7, 11) is 0. The molecule has 0 saturated heterocycles. The fraction of sp³-hybridized carbons (Fsp3) is 0.214. The molecule has 0 radical (unpaired) electrons. The first-order valence-corrected chi connectivity index (χ1v) is 15.7. The normalized spacial score (nSPS) is 24.1. The summed E-state index contributed by atoms with van der Waals surface area (Å²) in [5.74, 6) is 2.16. The molecule has 3 unspecified atom stereocenters. The van der Waals surface area contributed by atoms with E-state index >= 15 is 0 Å². The fourth-order valence-electron chi connectivity index (χ4n) is 5.27. The van der Waals surface area contributed by atoms with Gasteiger partial charge in [-0.25, -0.2) is 0 Å². The molecule has 0 N–H and O–H groups in total. The van der Waals surface area contributed by atoms with E-state index in [4.69, 9.17) is 0 Å². The van der Waals surface area contributed by atoms with Gasteiger partial charge >= 0.3 is 0 Å². The van der Waals surface area contributed by atoms with Gasteiger partial charge in [0.2, 0.25) is 0 Å². The molecule has 0 nitrogen and oxygen atoms in total. The highest BCUT2D eigenvalue weighted by Gasteiger charge is 2.34. The van der Waals surface area contributed by atoms with Crippen molar-refractivity contribution < 1.29 is 0 Å². The van der Waals surface area contributed by atoms with E-state index < -0.39 is 0 Å². The van der Waals surface area contributed by atoms with Gasteiger partial charge in [0, 0.05) is 39.8 Å². The second-order valence-electron chi connectivity index (χ2n) is 9.46. The molecule has 0 fully saturated rings. The molecule has 3 heterocycles. The lowest BCUT2D eigenvalue weighted by Crippen LogP contribution is -2.37. The molecule has 0 amide bonds. The van der Waals surface area contributed by atoms with Gasteiger partial charge < -0.3 is 0 Å². The molecule has 7 rings (SSSR count). The van der Waals surface area contributed by atoms with Crippen LogP contribution in [-0.2, 0) is 0 Å². The zero-order valence-corrected chi connectivity index (χ0v) is 24.3. The summed E-state index contributed by atoms with van der Waals surface area (Å²) >= 11 is 12.5. The van der Waals surface area contributed by atoms with E-state index in [0.717, 1.165) is 0 Å². The first-order chi connectivity index (χ1) is 15.9. The zero-order chi connectivity index (χ0) is 22.5. The van der Waals surface area contributed by atoms with Gasteiger partial charge in [0.05, 0.1) is 4.32 Å². The highest BCUT2D eigenvalue weighted by Crippen LogP contribution is 2.48. The van der Waals surface area contributed by atoms with Crippen molar-refractivity contribution in [3.8, 4) is 0 Å². The number of thioether (sulfide) groups is 1. The van der Waals surface area contributed by atoms with Crippen LogP contribution in [-0.4, -0.2) is 10.1 Å². The predicted molar refractivity (Wildman–Crippen MR) is 161 cm³/mol. The number of alkyl halides is 1. The number of fused-ring (bicyclic) bond motifs is 5. The lowest BCUT2D eigenvalue weighted by atomic mass is 9.86. The quantitative estimate of drug-likeness (QED) is 0.128. The summed E-state index contributed by atoms with van der Waals surface area (Å²) in [6, 6.07) is 16.7. The molecule has 2 aliphatic rings. The number of hydrogen-bond donors (Lipinski definition) is 0. The Bertz CT molecular complexity index is 1740. The molecular weight excluding hydrogens is 639 g/mol. The van der Waals surface area contributed by atoms with Gasteiger partial charge in [-0.15, -0.1) is 34.4 Å². The third-order valence-electron chi connectivity index (χ3n) is 7.09. The van der Waals surface area contributed by atoms with E-state index in [1.54, 1.807) is 0 Å². The van der Waals surface area contributed by atoms with Crippen molar-refractivity contribution in [3.05, 3.63) is 72.3 Å². The molecule has 164 valence electrons. The summed E-state index contributed by atoms with van der Waals surface area (Å²) in [5.41, 5.74) is 1.52.